The summed E-state index contributed by atoms with van der Waals surface area (Å²) in [6.45, 7) is -0.338. The quantitative estimate of drug-likeness (QED) is 0.571. The lowest BCUT2D eigenvalue weighted by molar-refractivity contribution is -0.139. The van der Waals surface area contributed by atoms with Gasteiger partial charge in [-0.15, -0.1) is 0 Å². The first-order valence-electron chi connectivity index (χ1n) is 5.08. The predicted molar refractivity (Wildman–Crippen MR) is 71.4 cm³/mol. The Labute approximate surface area is 117 Å². The summed E-state index contributed by atoms with van der Waals surface area (Å²) in [5.41, 5.74) is 0.164. The Morgan fingerprint density at radius 3 is 2.56 bits per heavy atom. The third-order valence-electron chi connectivity index (χ3n) is 2.23. The highest BCUT2D eigenvalue weighted by atomic mass is 127. The van der Waals surface area contributed by atoms with Crippen molar-refractivity contribution in [2.24, 2.45) is 0 Å². The van der Waals surface area contributed by atoms with Crippen LogP contribution in [-0.2, 0) is 4.79 Å². The second-order valence-electron chi connectivity index (χ2n) is 3.54. The molecule has 1 aromatic carbocycles. The molecule has 0 aliphatic heterocycles. The minimum atomic E-state index is -1.22. The van der Waals surface area contributed by atoms with Gasteiger partial charge in [-0.3, -0.25) is 4.79 Å². The molecule has 98 valence electrons. The smallest absolute Gasteiger partial charge is 0.326 e. The minimum Gasteiger partial charge on any atom is -0.507 e. The molecule has 0 aromatic heterocycles. The SMILES string of the molecule is O=C(NC(CCO)C(=O)O)c1ccc(I)c(O)c1. The van der Waals surface area contributed by atoms with E-state index in [9.17, 15) is 14.7 Å². The third kappa shape index (κ3) is 3.84. The molecule has 7 heteroatoms. The molecule has 1 atom stereocenters. The maximum Gasteiger partial charge on any atom is 0.326 e. The van der Waals surface area contributed by atoms with Crippen LogP contribution in [0.2, 0.25) is 0 Å². The molecule has 0 heterocycles. The van der Waals surface area contributed by atoms with Crippen molar-refractivity contribution >= 4 is 34.5 Å². The second-order valence-corrected chi connectivity index (χ2v) is 4.70. The van der Waals surface area contributed by atoms with E-state index in [1.165, 1.54) is 12.1 Å². The van der Waals surface area contributed by atoms with E-state index in [1.807, 2.05) is 22.6 Å². The third-order valence-corrected chi connectivity index (χ3v) is 3.14. The summed E-state index contributed by atoms with van der Waals surface area (Å²) in [4.78, 5) is 22.5. The van der Waals surface area contributed by atoms with E-state index in [0.717, 1.165) is 0 Å². The normalized spacial score (nSPS) is 11.9. The van der Waals surface area contributed by atoms with Gasteiger partial charge in [0.05, 0.1) is 3.57 Å². The van der Waals surface area contributed by atoms with Crippen LogP contribution in [0, 0.1) is 3.57 Å². The number of hydrogen-bond acceptors (Lipinski definition) is 4. The first-order chi connectivity index (χ1) is 8.45. The summed E-state index contributed by atoms with van der Waals surface area (Å²) in [6.07, 6.45) is -0.0720. The average molecular weight is 365 g/mol. The summed E-state index contributed by atoms with van der Waals surface area (Å²) >= 11 is 1.90. The number of nitrogens with one attached hydrogen (secondary N) is 1. The van der Waals surface area contributed by atoms with Crippen LogP contribution >= 0.6 is 22.6 Å². The first kappa shape index (κ1) is 14.7. The maximum atomic E-state index is 11.7. The van der Waals surface area contributed by atoms with Crippen molar-refractivity contribution in [3.63, 3.8) is 0 Å². The van der Waals surface area contributed by atoms with Gasteiger partial charge < -0.3 is 20.6 Å². The molecule has 0 spiro atoms. The molecule has 1 aromatic rings. The van der Waals surface area contributed by atoms with Gasteiger partial charge in [0.15, 0.2) is 0 Å². The number of rotatable bonds is 5. The van der Waals surface area contributed by atoms with Crippen molar-refractivity contribution in [1.29, 1.82) is 0 Å². The Morgan fingerprint density at radius 1 is 1.39 bits per heavy atom. The van der Waals surface area contributed by atoms with Crippen LogP contribution in [0.5, 0.6) is 5.75 Å². The fourth-order valence-electron chi connectivity index (χ4n) is 1.28. The van der Waals surface area contributed by atoms with Crippen molar-refractivity contribution in [3.05, 3.63) is 27.3 Å². The molecule has 1 unspecified atom stereocenters. The predicted octanol–water partition coefficient (Wildman–Crippen LogP) is 0.562. The fourth-order valence-corrected chi connectivity index (χ4v) is 1.62. The van der Waals surface area contributed by atoms with Crippen LogP contribution in [0.4, 0.5) is 0 Å². The minimum absolute atomic E-state index is 0.0442. The molecule has 18 heavy (non-hydrogen) atoms. The van der Waals surface area contributed by atoms with Crippen molar-refractivity contribution < 1.29 is 24.9 Å². The Balaban J connectivity index is 2.80. The number of phenolic OH excluding ortho intramolecular Hbond substituents is 1. The zero-order valence-electron chi connectivity index (χ0n) is 9.26. The monoisotopic (exact) mass is 365 g/mol. The molecular formula is C11H12INO5. The summed E-state index contributed by atoms with van der Waals surface area (Å²) in [5, 5.41) is 29.2. The van der Waals surface area contributed by atoms with E-state index in [1.54, 1.807) is 6.07 Å². The molecule has 0 saturated carbocycles. The number of carbonyl (C=O) groups excluding carboxylic acids is 1. The van der Waals surface area contributed by atoms with E-state index in [4.69, 9.17) is 10.2 Å². The largest absolute Gasteiger partial charge is 0.507 e. The Bertz CT molecular complexity index is 463. The molecule has 0 saturated heterocycles. The number of carboxylic acid groups (broad SMARTS) is 1. The van der Waals surface area contributed by atoms with E-state index in [-0.39, 0.29) is 24.3 Å². The molecule has 1 amide bonds. The number of carbonyl (C=O) groups is 2. The molecular weight excluding hydrogens is 353 g/mol. The van der Waals surface area contributed by atoms with Crippen LogP contribution in [0.3, 0.4) is 0 Å². The average Bonchev–Trinajstić information content (AvgIpc) is 2.31. The lowest BCUT2D eigenvalue weighted by atomic mass is 10.1. The Kier molecular flexibility index (Phi) is 5.35. The molecule has 1 rings (SSSR count). The number of phenols is 1. The number of halogens is 1. The van der Waals surface area contributed by atoms with Crippen LogP contribution < -0.4 is 5.32 Å². The number of benzene rings is 1. The number of aliphatic carboxylic acids is 1. The number of hydrogen-bond donors (Lipinski definition) is 4. The van der Waals surface area contributed by atoms with Crippen molar-refractivity contribution in [3.8, 4) is 5.75 Å². The van der Waals surface area contributed by atoms with Gasteiger partial charge in [-0.2, -0.15) is 0 Å². The summed E-state index contributed by atoms with van der Waals surface area (Å²) in [6, 6.07) is 3.14. The molecule has 6 nitrogen and oxygen atoms in total. The van der Waals surface area contributed by atoms with Gasteiger partial charge in [0.2, 0.25) is 0 Å². The molecule has 4 N–H and O–H groups in total. The summed E-state index contributed by atoms with van der Waals surface area (Å²) in [7, 11) is 0. The van der Waals surface area contributed by atoms with Crippen molar-refractivity contribution in [2.45, 2.75) is 12.5 Å². The second kappa shape index (κ2) is 6.55. The number of aliphatic hydroxyl groups excluding tert-OH is 1. The highest BCUT2D eigenvalue weighted by molar-refractivity contribution is 14.1. The topological polar surface area (TPSA) is 107 Å². The zero-order valence-corrected chi connectivity index (χ0v) is 11.4. The van der Waals surface area contributed by atoms with E-state index >= 15 is 0 Å². The molecule has 0 aliphatic carbocycles. The van der Waals surface area contributed by atoms with Gasteiger partial charge in [-0.05, 0) is 40.8 Å². The van der Waals surface area contributed by atoms with E-state index in [0.29, 0.717) is 3.57 Å². The van der Waals surface area contributed by atoms with Gasteiger partial charge in [0, 0.05) is 18.6 Å². The molecule has 0 bridgehead atoms. The van der Waals surface area contributed by atoms with Gasteiger partial charge in [0.25, 0.3) is 5.91 Å². The maximum absolute atomic E-state index is 11.7. The van der Waals surface area contributed by atoms with Gasteiger partial charge in [0.1, 0.15) is 11.8 Å². The lowest BCUT2D eigenvalue weighted by Crippen LogP contribution is -2.41. The summed E-state index contributed by atoms with van der Waals surface area (Å²) in [5.74, 6) is -1.87. The van der Waals surface area contributed by atoms with Gasteiger partial charge in [-0.1, -0.05) is 0 Å². The molecule has 0 radical (unpaired) electrons. The fraction of sp³-hybridized carbons (Fsp3) is 0.273. The Hall–Kier alpha value is -1.35. The highest BCUT2D eigenvalue weighted by Gasteiger charge is 2.20. The van der Waals surface area contributed by atoms with Crippen LogP contribution in [-0.4, -0.2) is 39.8 Å². The number of aromatic hydroxyl groups is 1. The summed E-state index contributed by atoms with van der Waals surface area (Å²) < 4.78 is 0.592. The van der Waals surface area contributed by atoms with Crippen molar-refractivity contribution in [2.75, 3.05) is 6.61 Å². The first-order valence-corrected chi connectivity index (χ1v) is 6.16. The standard InChI is InChI=1S/C11H12INO5/c12-7-2-1-6(5-9(7)15)10(16)13-8(3-4-14)11(17)18/h1-2,5,8,14-15H,3-4H2,(H,13,16)(H,17,18). The lowest BCUT2D eigenvalue weighted by Gasteiger charge is -2.13. The van der Waals surface area contributed by atoms with E-state index < -0.39 is 17.9 Å². The zero-order chi connectivity index (χ0) is 13.7. The van der Waals surface area contributed by atoms with Crippen LogP contribution in [0.1, 0.15) is 16.8 Å². The number of amides is 1. The van der Waals surface area contributed by atoms with Gasteiger partial charge in [-0.25, -0.2) is 4.79 Å². The van der Waals surface area contributed by atoms with Gasteiger partial charge >= 0.3 is 5.97 Å². The number of aliphatic hydroxyl groups is 1. The van der Waals surface area contributed by atoms with Crippen LogP contribution in [0.25, 0.3) is 0 Å². The highest BCUT2D eigenvalue weighted by Crippen LogP contribution is 2.20. The van der Waals surface area contributed by atoms with Crippen LogP contribution in [0.15, 0.2) is 18.2 Å². The molecule has 0 aliphatic rings. The van der Waals surface area contributed by atoms with Crippen molar-refractivity contribution in [1.82, 2.24) is 5.32 Å². The molecule has 0 fully saturated rings. The Morgan fingerprint density at radius 2 is 2.06 bits per heavy atom. The number of carboxylic acids is 1. The van der Waals surface area contributed by atoms with E-state index in [2.05, 4.69) is 5.32 Å².